The average molecular weight is 324 g/mol. The van der Waals surface area contributed by atoms with E-state index in [9.17, 15) is 4.79 Å². The van der Waals surface area contributed by atoms with E-state index in [-0.39, 0.29) is 18.1 Å². The molecule has 0 spiro atoms. The molecule has 2 unspecified atom stereocenters. The van der Waals surface area contributed by atoms with E-state index in [1.54, 1.807) is 11.3 Å². The number of likely N-dealkylation sites (N-methyl/N-ethyl adjacent to an activating group) is 1. The number of hydrogen-bond donors (Lipinski definition) is 1. The third-order valence-corrected chi connectivity index (χ3v) is 5.28. The fourth-order valence-electron chi connectivity index (χ4n) is 3.01. The summed E-state index contributed by atoms with van der Waals surface area (Å²) in [5, 5.41) is 5.21. The third kappa shape index (κ3) is 5.07. The number of carbonyl (C=O) groups is 1. The van der Waals surface area contributed by atoms with Crippen LogP contribution in [-0.2, 0) is 9.53 Å². The standard InChI is InChI=1S/C17H28N2O2S/c1-3-19(4-2)15(16-9-7-11-22-16)13-18-17(20)12-14-8-5-6-10-21-14/h7,9,11,14-15H,3-6,8,10,12-13H2,1-2H3,(H,18,20). The summed E-state index contributed by atoms with van der Waals surface area (Å²) in [4.78, 5) is 15.9. The van der Waals surface area contributed by atoms with Crippen LogP contribution >= 0.6 is 11.3 Å². The third-order valence-electron chi connectivity index (χ3n) is 4.30. The van der Waals surface area contributed by atoms with Gasteiger partial charge in [0.25, 0.3) is 0 Å². The number of nitrogens with zero attached hydrogens (tertiary/aromatic N) is 1. The first-order chi connectivity index (χ1) is 10.7. The minimum atomic E-state index is 0.112. The van der Waals surface area contributed by atoms with Crippen molar-refractivity contribution >= 4 is 17.2 Å². The lowest BCUT2D eigenvalue weighted by atomic mass is 10.1. The molecule has 124 valence electrons. The van der Waals surface area contributed by atoms with Gasteiger partial charge in [-0.05, 0) is 43.8 Å². The number of ether oxygens (including phenoxy) is 1. The van der Waals surface area contributed by atoms with Crippen molar-refractivity contribution in [3.8, 4) is 0 Å². The van der Waals surface area contributed by atoms with E-state index in [2.05, 4.69) is 41.6 Å². The van der Waals surface area contributed by atoms with Crippen LogP contribution in [0.1, 0.15) is 50.4 Å². The van der Waals surface area contributed by atoms with Gasteiger partial charge in [0, 0.05) is 18.0 Å². The molecule has 0 saturated carbocycles. The second-order valence-electron chi connectivity index (χ2n) is 5.75. The molecule has 22 heavy (non-hydrogen) atoms. The van der Waals surface area contributed by atoms with Crippen molar-refractivity contribution in [1.82, 2.24) is 10.2 Å². The van der Waals surface area contributed by atoms with Gasteiger partial charge in [0.05, 0.1) is 18.6 Å². The fraction of sp³-hybridized carbons (Fsp3) is 0.706. The summed E-state index contributed by atoms with van der Waals surface area (Å²) in [6, 6.07) is 4.50. The molecule has 1 N–H and O–H groups in total. The van der Waals surface area contributed by atoms with Crippen molar-refractivity contribution in [3.05, 3.63) is 22.4 Å². The molecule has 5 heteroatoms. The van der Waals surface area contributed by atoms with Crippen LogP contribution in [0.15, 0.2) is 17.5 Å². The van der Waals surface area contributed by atoms with Gasteiger partial charge in [-0.1, -0.05) is 19.9 Å². The summed E-state index contributed by atoms with van der Waals surface area (Å²) in [5.74, 6) is 0.112. The lowest BCUT2D eigenvalue weighted by Gasteiger charge is -2.29. The van der Waals surface area contributed by atoms with Gasteiger partial charge in [-0.15, -0.1) is 11.3 Å². The lowest BCUT2D eigenvalue weighted by Crippen LogP contribution is -2.39. The largest absolute Gasteiger partial charge is 0.378 e. The van der Waals surface area contributed by atoms with Gasteiger partial charge in [0.1, 0.15) is 0 Å². The zero-order valence-corrected chi connectivity index (χ0v) is 14.5. The highest BCUT2D eigenvalue weighted by molar-refractivity contribution is 7.10. The van der Waals surface area contributed by atoms with Gasteiger partial charge in [-0.2, -0.15) is 0 Å². The van der Waals surface area contributed by atoms with Gasteiger partial charge < -0.3 is 10.1 Å². The predicted molar refractivity (Wildman–Crippen MR) is 91.2 cm³/mol. The predicted octanol–water partition coefficient (Wildman–Crippen LogP) is 3.21. The molecular formula is C17H28N2O2S. The Labute approximate surface area is 137 Å². The molecule has 2 rings (SSSR count). The summed E-state index contributed by atoms with van der Waals surface area (Å²) >= 11 is 1.76. The second-order valence-corrected chi connectivity index (χ2v) is 6.73. The van der Waals surface area contributed by atoms with E-state index >= 15 is 0 Å². The van der Waals surface area contributed by atoms with Crippen LogP contribution in [0.3, 0.4) is 0 Å². The molecule has 1 saturated heterocycles. The maximum Gasteiger partial charge on any atom is 0.222 e. The maximum atomic E-state index is 12.2. The van der Waals surface area contributed by atoms with E-state index < -0.39 is 0 Å². The quantitative estimate of drug-likeness (QED) is 0.798. The van der Waals surface area contributed by atoms with Crippen LogP contribution in [0, 0.1) is 0 Å². The van der Waals surface area contributed by atoms with E-state index in [1.807, 2.05) is 0 Å². The van der Waals surface area contributed by atoms with Gasteiger partial charge in [0.2, 0.25) is 5.91 Å². The Morgan fingerprint density at radius 3 is 2.86 bits per heavy atom. The van der Waals surface area contributed by atoms with Crippen molar-refractivity contribution in [3.63, 3.8) is 0 Å². The molecule has 0 radical (unpaired) electrons. The van der Waals surface area contributed by atoms with Crippen molar-refractivity contribution in [2.45, 2.75) is 51.7 Å². The smallest absolute Gasteiger partial charge is 0.222 e. The maximum absolute atomic E-state index is 12.2. The number of thiophene rings is 1. The zero-order valence-electron chi connectivity index (χ0n) is 13.7. The normalized spacial score (nSPS) is 20.0. The minimum Gasteiger partial charge on any atom is -0.378 e. The van der Waals surface area contributed by atoms with Crippen molar-refractivity contribution < 1.29 is 9.53 Å². The van der Waals surface area contributed by atoms with Crippen LogP contribution in [0.2, 0.25) is 0 Å². The average Bonchev–Trinajstić information content (AvgIpc) is 3.06. The highest BCUT2D eigenvalue weighted by Crippen LogP contribution is 2.24. The molecule has 1 fully saturated rings. The van der Waals surface area contributed by atoms with Gasteiger partial charge >= 0.3 is 0 Å². The molecule has 4 nitrogen and oxygen atoms in total. The molecule has 1 aliphatic rings. The molecule has 0 bridgehead atoms. The molecule has 2 atom stereocenters. The van der Waals surface area contributed by atoms with Crippen LogP contribution in [0.4, 0.5) is 0 Å². The van der Waals surface area contributed by atoms with Crippen LogP contribution < -0.4 is 5.32 Å². The molecule has 1 aliphatic heterocycles. The fourth-order valence-corrected chi connectivity index (χ4v) is 3.87. The second kappa shape index (κ2) is 9.28. The molecule has 1 aromatic heterocycles. The Balaban J connectivity index is 1.86. The highest BCUT2D eigenvalue weighted by Gasteiger charge is 2.21. The van der Waals surface area contributed by atoms with E-state index in [0.717, 1.165) is 32.5 Å². The highest BCUT2D eigenvalue weighted by atomic mass is 32.1. The molecule has 0 aromatic carbocycles. The van der Waals surface area contributed by atoms with Crippen molar-refractivity contribution in [1.29, 1.82) is 0 Å². The monoisotopic (exact) mass is 324 g/mol. The Morgan fingerprint density at radius 1 is 1.45 bits per heavy atom. The number of rotatable bonds is 8. The molecule has 1 amide bonds. The summed E-state index contributed by atoms with van der Waals surface area (Å²) in [7, 11) is 0. The summed E-state index contributed by atoms with van der Waals surface area (Å²) < 4.78 is 5.65. The molecule has 0 aliphatic carbocycles. The van der Waals surface area contributed by atoms with E-state index in [0.29, 0.717) is 13.0 Å². The molecule has 2 heterocycles. The Morgan fingerprint density at radius 2 is 2.27 bits per heavy atom. The minimum absolute atomic E-state index is 0.112. The Hall–Kier alpha value is -0.910. The van der Waals surface area contributed by atoms with Crippen LogP contribution in [0.5, 0.6) is 0 Å². The first-order valence-electron chi connectivity index (χ1n) is 8.40. The van der Waals surface area contributed by atoms with Gasteiger partial charge in [-0.25, -0.2) is 0 Å². The SMILES string of the molecule is CCN(CC)C(CNC(=O)CC1CCCCO1)c1cccs1. The first-order valence-corrected chi connectivity index (χ1v) is 9.28. The van der Waals surface area contributed by atoms with E-state index in [4.69, 9.17) is 4.74 Å². The zero-order chi connectivity index (χ0) is 15.8. The van der Waals surface area contributed by atoms with Gasteiger partial charge in [0.15, 0.2) is 0 Å². The molecular weight excluding hydrogens is 296 g/mol. The van der Waals surface area contributed by atoms with Gasteiger partial charge in [-0.3, -0.25) is 9.69 Å². The summed E-state index contributed by atoms with van der Waals surface area (Å²) in [6.45, 7) is 7.79. The van der Waals surface area contributed by atoms with Crippen molar-refractivity contribution in [2.24, 2.45) is 0 Å². The summed E-state index contributed by atoms with van der Waals surface area (Å²) in [6.07, 6.45) is 3.92. The number of hydrogen-bond acceptors (Lipinski definition) is 4. The lowest BCUT2D eigenvalue weighted by molar-refractivity contribution is -0.125. The van der Waals surface area contributed by atoms with Crippen LogP contribution in [-0.4, -0.2) is 43.2 Å². The van der Waals surface area contributed by atoms with Crippen molar-refractivity contribution in [2.75, 3.05) is 26.2 Å². The number of carbonyl (C=O) groups excluding carboxylic acids is 1. The molecule has 1 aromatic rings. The number of amides is 1. The first kappa shape index (κ1) is 17.4. The number of nitrogens with one attached hydrogen (secondary N) is 1. The Kier molecular flexibility index (Phi) is 7.36. The summed E-state index contributed by atoms with van der Waals surface area (Å²) in [5.41, 5.74) is 0. The van der Waals surface area contributed by atoms with Crippen LogP contribution in [0.25, 0.3) is 0 Å². The Bertz CT molecular complexity index is 426. The van der Waals surface area contributed by atoms with E-state index in [1.165, 1.54) is 11.3 Å². The topological polar surface area (TPSA) is 41.6 Å².